The number of carbonyl (C=O) groups is 2. The van der Waals surface area contributed by atoms with Crippen LogP contribution in [0.25, 0.3) is 16.8 Å². The monoisotopic (exact) mass is 400 g/mol. The van der Waals surface area contributed by atoms with E-state index in [1.165, 1.54) is 4.90 Å². The average Bonchev–Trinajstić information content (AvgIpc) is 2.57. The first-order valence-electron chi connectivity index (χ1n) is 7.20. The quantitative estimate of drug-likeness (QED) is 0.371. The third kappa shape index (κ3) is 2.90. The van der Waals surface area contributed by atoms with Crippen LogP contribution in [0.3, 0.4) is 0 Å². The molecule has 1 aliphatic rings. The molecule has 1 heterocycles. The Morgan fingerprint density at radius 1 is 1.21 bits per heavy atom. The number of carbonyl (C=O) groups excluding carboxylic acids is 2. The lowest BCUT2D eigenvalue weighted by molar-refractivity contribution is -0.128. The Hall–Kier alpha value is -2.31. The van der Waals surface area contributed by atoms with Crippen molar-refractivity contribution in [3.05, 3.63) is 64.7 Å². The Kier molecular flexibility index (Phi) is 4.59. The van der Waals surface area contributed by atoms with E-state index in [1.54, 1.807) is 12.2 Å². The number of benzene rings is 2. The summed E-state index contributed by atoms with van der Waals surface area (Å²) in [7, 11) is 0. The van der Waals surface area contributed by atoms with Crippen LogP contribution in [0, 0.1) is 0 Å². The third-order valence-corrected chi connectivity index (χ3v) is 4.90. The Morgan fingerprint density at radius 3 is 2.71 bits per heavy atom. The summed E-state index contributed by atoms with van der Waals surface area (Å²) in [6.45, 7) is 3.85. The molecule has 2 aromatic carbocycles. The molecule has 0 spiro atoms. The molecule has 120 valence electrons. The van der Waals surface area contributed by atoms with Crippen molar-refractivity contribution in [1.29, 1.82) is 0 Å². The van der Waals surface area contributed by atoms with Crippen molar-refractivity contribution in [1.82, 2.24) is 10.2 Å². The van der Waals surface area contributed by atoms with Gasteiger partial charge in [0, 0.05) is 11.0 Å². The van der Waals surface area contributed by atoms with Crippen molar-refractivity contribution in [2.45, 2.75) is 0 Å². The van der Waals surface area contributed by atoms with Gasteiger partial charge in [0.05, 0.1) is 0 Å². The first kappa shape index (κ1) is 16.5. The maximum absolute atomic E-state index is 12.6. The van der Waals surface area contributed by atoms with E-state index < -0.39 is 11.8 Å². The van der Waals surface area contributed by atoms with E-state index in [9.17, 15) is 9.59 Å². The highest BCUT2D eigenvalue weighted by molar-refractivity contribution is 9.10. The molecule has 1 saturated heterocycles. The van der Waals surface area contributed by atoms with E-state index in [2.05, 4.69) is 27.8 Å². The van der Waals surface area contributed by atoms with Gasteiger partial charge in [-0.2, -0.15) is 0 Å². The zero-order valence-corrected chi connectivity index (χ0v) is 15.0. The van der Waals surface area contributed by atoms with Gasteiger partial charge in [-0.25, -0.2) is 0 Å². The summed E-state index contributed by atoms with van der Waals surface area (Å²) in [6, 6.07) is 11.7. The number of halogens is 1. The SMILES string of the molecule is C=CCN1C(=O)/C(=C/c2ccc3ccccc3c2Br)C(=O)NC1=S. The molecule has 2 amide bonds. The molecule has 2 aromatic rings. The molecule has 3 rings (SSSR count). The van der Waals surface area contributed by atoms with Gasteiger partial charge < -0.3 is 0 Å². The standard InChI is InChI=1S/C18H13BrN2O2S/c1-2-9-21-17(23)14(16(22)20-18(21)24)10-12-8-7-11-5-3-4-6-13(11)15(12)19/h2-8,10H,1,9H2,(H,20,22,24)/b14-10+. The number of rotatable bonds is 3. The Bertz CT molecular complexity index is 920. The van der Waals surface area contributed by atoms with Crippen molar-refractivity contribution in [2.75, 3.05) is 6.54 Å². The zero-order chi connectivity index (χ0) is 17.3. The normalized spacial score (nSPS) is 16.6. The number of thiocarbonyl (C=S) groups is 1. The molecule has 1 aliphatic heterocycles. The van der Waals surface area contributed by atoms with Crippen LogP contribution in [0.2, 0.25) is 0 Å². The molecule has 0 saturated carbocycles. The van der Waals surface area contributed by atoms with Crippen LogP contribution in [0.5, 0.6) is 0 Å². The maximum Gasteiger partial charge on any atom is 0.265 e. The third-order valence-electron chi connectivity index (χ3n) is 3.69. The molecule has 0 bridgehead atoms. The van der Waals surface area contributed by atoms with Crippen molar-refractivity contribution in [3.63, 3.8) is 0 Å². The number of fused-ring (bicyclic) bond motifs is 1. The molecule has 0 atom stereocenters. The summed E-state index contributed by atoms with van der Waals surface area (Å²) >= 11 is 8.61. The van der Waals surface area contributed by atoms with Crippen molar-refractivity contribution >= 4 is 61.9 Å². The van der Waals surface area contributed by atoms with Crippen molar-refractivity contribution < 1.29 is 9.59 Å². The molecule has 1 N–H and O–H groups in total. The van der Waals surface area contributed by atoms with Gasteiger partial charge in [0.15, 0.2) is 5.11 Å². The molecular formula is C18H13BrN2O2S. The summed E-state index contributed by atoms with van der Waals surface area (Å²) in [5.41, 5.74) is 0.792. The van der Waals surface area contributed by atoms with E-state index in [0.29, 0.717) is 0 Å². The largest absolute Gasteiger partial charge is 0.298 e. The lowest BCUT2D eigenvalue weighted by Gasteiger charge is -2.27. The molecule has 1 fully saturated rings. The number of nitrogens with one attached hydrogen (secondary N) is 1. The average molecular weight is 401 g/mol. The van der Waals surface area contributed by atoms with E-state index in [4.69, 9.17) is 12.2 Å². The minimum absolute atomic E-state index is 0.0430. The molecule has 0 aromatic heterocycles. The minimum atomic E-state index is -0.495. The van der Waals surface area contributed by atoms with Gasteiger partial charge in [0.1, 0.15) is 5.57 Å². The molecule has 6 heteroatoms. The highest BCUT2D eigenvalue weighted by atomic mass is 79.9. The van der Waals surface area contributed by atoms with Gasteiger partial charge in [-0.05, 0) is 50.6 Å². The van der Waals surface area contributed by atoms with E-state index in [-0.39, 0.29) is 17.2 Å². The second-order valence-electron chi connectivity index (χ2n) is 5.21. The summed E-state index contributed by atoms with van der Waals surface area (Å²) in [5.74, 6) is -0.922. The fourth-order valence-corrected chi connectivity index (χ4v) is 3.36. The molecule has 0 unspecified atom stereocenters. The smallest absolute Gasteiger partial charge is 0.265 e. The van der Waals surface area contributed by atoms with Gasteiger partial charge in [0.25, 0.3) is 11.8 Å². The van der Waals surface area contributed by atoms with E-state index in [1.807, 2.05) is 36.4 Å². The van der Waals surface area contributed by atoms with E-state index >= 15 is 0 Å². The minimum Gasteiger partial charge on any atom is -0.298 e. The Morgan fingerprint density at radius 2 is 1.96 bits per heavy atom. The van der Waals surface area contributed by atoms with Crippen LogP contribution in [-0.4, -0.2) is 28.4 Å². The number of nitrogens with zero attached hydrogens (tertiary/aromatic N) is 1. The molecular weight excluding hydrogens is 388 g/mol. The number of hydrogen-bond acceptors (Lipinski definition) is 3. The van der Waals surface area contributed by atoms with Gasteiger partial charge in [-0.3, -0.25) is 19.8 Å². The fourth-order valence-electron chi connectivity index (χ4n) is 2.51. The lowest BCUT2D eigenvalue weighted by atomic mass is 10.0. The predicted octanol–water partition coefficient (Wildman–Crippen LogP) is 3.42. The van der Waals surface area contributed by atoms with Crippen LogP contribution >= 0.6 is 28.1 Å². The summed E-state index contributed by atoms with van der Waals surface area (Å²) in [4.78, 5) is 26.1. The van der Waals surface area contributed by atoms with Crippen LogP contribution < -0.4 is 5.32 Å². The predicted molar refractivity (Wildman–Crippen MR) is 102 cm³/mol. The topological polar surface area (TPSA) is 49.4 Å². The Balaban J connectivity index is 2.08. The first-order valence-corrected chi connectivity index (χ1v) is 8.40. The zero-order valence-electron chi connectivity index (χ0n) is 12.6. The second kappa shape index (κ2) is 6.67. The summed E-state index contributed by atoms with van der Waals surface area (Å²) in [6.07, 6.45) is 3.14. The van der Waals surface area contributed by atoms with Crippen LogP contribution in [-0.2, 0) is 9.59 Å². The fraction of sp³-hybridized carbons (Fsp3) is 0.0556. The van der Waals surface area contributed by atoms with Crippen LogP contribution in [0.15, 0.2) is 59.1 Å². The van der Waals surface area contributed by atoms with Gasteiger partial charge in [0.2, 0.25) is 0 Å². The van der Waals surface area contributed by atoms with Crippen LogP contribution in [0.1, 0.15) is 5.56 Å². The number of hydrogen-bond donors (Lipinski definition) is 1. The molecule has 4 nitrogen and oxygen atoms in total. The summed E-state index contributed by atoms with van der Waals surface area (Å²) in [5, 5.41) is 4.71. The molecule has 0 aliphatic carbocycles. The van der Waals surface area contributed by atoms with Gasteiger partial charge in [-0.15, -0.1) is 6.58 Å². The van der Waals surface area contributed by atoms with Crippen molar-refractivity contribution in [2.24, 2.45) is 0 Å². The van der Waals surface area contributed by atoms with Crippen LogP contribution in [0.4, 0.5) is 0 Å². The maximum atomic E-state index is 12.6. The summed E-state index contributed by atoms with van der Waals surface area (Å²) < 4.78 is 0.831. The van der Waals surface area contributed by atoms with E-state index in [0.717, 1.165) is 20.8 Å². The second-order valence-corrected chi connectivity index (χ2v) is 6.39. The van der Waals surface area contributed by atoms with Gasteiger partial charge >= 0.3 is 0 Å². The number of amides is 2. The Labute approximate surface area is 153 Å². The lowest BCUT2D eigenvalue weighted by Crippen LogP contribution is -2.53. The van der Waals surface area contributed by atoms with Gasteiger partial charge in [-0.1, -0.05) is 42.5 Å². The highest BCUT2D eigenvalue weighted by Gasteiger charge is 2.32. The molecule has 0 radical (unpaired) electrons. The highest BCUT2D eigenvalue weighted by Crippen LogP contribution is 2.29. The van der Waals surface area contributed by atoms with Crippen molar-refractivity contribution in [3.8, 4) is 0 Å². The first-order chi connectivity index (χ1) is 11.5. The molecule has 24 heavy (non-hydrogen) atoms.